The van der Waals surface area contributed by atoms with E-state index in [0.717, 1.165) is 19.3 Å². The van der Waals surface area contributed by atoms with E-state index in [1.165, 1.54) is 5.56 Å². The van der Waals surface area contributed by atoms with Crippen LogP contribution in [0.15, 0.2) is 30.3 Å². The van der Waals surface area contributed by atoms with Crippen LogP contribution in [-0.2, 0) is 6.42 Å². The number of aliphatic hydroxyl groups excluding tert-OH is 1. The van der Waals surface area contributed by atoms with Gasteiger partial charge in [-0.05, 0) is 38.7 Å². The quantitative estimate of drug-likeness (QED) is 0.761. The molecule has 0 radical (unpaired) electrons. The lowest BCUT2D eigenvalue weighted by molar-refractivity contribution is 0.154. The van der Waals surface area contributed by atoms with Crippen molar-refractivity contribution in [3.8, 4) is 0 Å². The number of rotatable bonds is 7. The molecular weight excluding hydrogens is 210 g/mol. The Morgan fingerprint density at radius 1 is 1.29 bits per heavy atom. The zero-order valence-corrected chi connectivity index (χ0v) is 11.2. The summed E-state index contributed by atoms with van der Waals surface area (Å²) in [5.41, 5.74) is 1.16. The summed E-state index contributed by atoms with van der Waals surface area (Å²) in [7, 11) is 0. The highest BCUT2D eigenvalue weighted by Gasteiger charge is 2.24. The monoisotopic (exact) mass is 235 g/mol. The molecule has 0 aliphatic rings. The number of hydrogen-bond acceptors (Lipinski definition) is 2. The molecule has 2 heteroatoms. The molecule has 0 spiro atoms. The number of aliphatic hydroxyl groups is 1. The topological polar surface area (TPSA) is 32.3 Å². The predicted octanol–water partition coefficient (Wildman–Crippen LogP) is 2.76. The molecule has 17 heavy (non-hydrogen) atoms. The fourth-order valence-corrected chi connectivity index (χ4v) is 1.96. The van der Waals surface area contributed by atoms with E-state index in [2.05, 4.69) is 50.4 Å². The first-order valence-electron chi connectivity index (χ1n) is 6.52. The molecule has 0 aliphatic carbocycles. The van der Waals surface area contributed by atoms with Gasteiger partial charge < -0.3 is 10.4 Å². The lowest BCUT2D eigenvalue weighted by Crippen LogP contribution is -2.50. The third-order valence-corrected chi connectivity index (χ3v) is 3.36. The minimum absolute atomic E-state index is 0.175. The molecule has 96 valence electrons. The molecule has 2 atom stereocenters. The van der Waals surface area contributed by atoms with E-state index in [0.29, 0.717) is 6.04 Å². The third-order valence-electron chi connectivity index (χ3n) is 3.36. The molecule has 0 fully saturated rings. The molecule has 2 unspecified atom stereocenters. The van der Waals surface area contributed by atoms with Crippen LogP contribution in [0.25, 0.3) is 0 Å². The standard InChI is InChI=1S/C15H25NO/c1-4-13(2)16-15(3,12-17)11-10-14-8-6-5-7-9-14/h5-9,13,16-17H,4,10-12H2,1-3H3. The molecule has 0 aliphatic heterocycles. The molecule has 1 aromatic rings. The summed E-state index contributed by atoms with van der Waals surface area (Å²) in [6.45, 7) is 6.61. The minimum atomic E-state index is -0.175. The maximum Gasteiger partial charge on any atom is 0.0610 e. The van der Waals surface area contributed by atoms with E-state index in [-0.39, 0.29) is 12.1 Å². The maximum absolute atomic E-state index is 9.55. The fraction of sp³-hybridized carbons (Fsp3) is 0.600. The first-order chi connectivity index (χ1) is 8.09. The zero-order chi connectivity index (χ0) is 12.7. The second-order valence-electron chi connectivity index (χ2n) is 5.16. The fourth-order valence-electron chi connectivity index (χ4n) is 1.96. The summed E-state index contributed by atoms with van der Waals surface area (Å²) in [5.74, 6) is 0. The van der Waals surface area contributed by atoms with Crippen LogP contribution in [0, 0.1) is 0 Å². The van der Waals surface area contributed by atoms with Gasteiger partial charge in [-0.25, -0.2) is 0 Å². The van der Waals surface area contributed by atoms with E-state index in [4.69, 9.17) is 0 Å². The van der Waals surface area contributed by atoms with Crippen LogP contribution in [0.4, 0.5) is 0 Å². The summed E-state index contributed by atoms with van der Waals surface area (Å²) < 4.78 is 0. The van der Waals surface area contributed by atoms with Crippen LogP contribution in [-0.4, -0.2) is 23.3 Å². The molecule has 0 heterocycles. The van der Waals surface area contributed by atoms with Gasteiger partial charge in [0, 0.05) is 11.6 Å². The van der Waals surface area contributed by atoms with Crippen molar-refractivity contribution in [3.05, 3.63) is 35.9 Å². The molecule has 1 aromatic carbocycles. The summed E-state index contributed by atoms with van der Waals surface area (Å²) >= 11 is 0. The smallest absolute Gasteiger partial charge is 0.0610 e. The van der Waals surface area contributed by atoms with Crippen molar-refractivity contribution in [1.82, 2.24) is 5.32 Å². The number of benzene rings is 1. The van der Waals surface area contributed by atoms with Gasteiger partial charge >= 0.3 is 0 Å². The Kier molecular flexibility index (Phi) is 5.66. The van der Waals surface area contributed by atoms with Gasteiger partial charge in [0.25, 0.3) is 0 Å². The van der Waals surface area contributed by atoms with Gasteiger partial charge in [-0.3, -0.25) is 0 Å². The summed E-state index contributed by atoms with van der Waals surface area (Å²) in [4.78, 5) is 0. The van der Waals surface area contributed by atoms with Crippen LogP contribution in [0.1, 0.15) is 39.2 Å². The molecule has 2 nitrogen and oxygen atoms in total. The summed E-state index contributed by atoms with van der Waals surface area (Å²) in [6, 6.07) is 10.9. The van der Waals surface area contributed by atoms with Crippen molar-refractivity contribution in [2.75, 3.05) is 6.61 Å². The van der Waals surface area contributed by atoms with Gasteiger partial charge in [0.05, 0.1) is 6.61 Å². The van der Waals surface area contributed by atoms with Crippen molar-refractivity contribution in [2.45, 2.75) is 51.6 Å². The largest absolute Gasteiger partial charge is 0.394 e. The number of nitrogens with one attached hydrogen (secondary N) is 1. The maximum atomic E-state index is 9.55. The lowest BCUT2D eigenvalue weighted by Gasteiger charge is -2.32. The van der Waals surface area contributed by atoms with E-state index >= 15 is 0 Å². The summed E-state index contributed by atoms with van der Waals surface area (Å²) in [6.07, 6.45) is 3.04. The average Bonchev–Trinajstić information content (AvgIpc) is 2.37. The van der Waals surface area contributed by atoms with Gasteiger partial charge in [-0.15, -0.1) is 0 Å². The van der Waals surface area contributed by atoms with Gasteiger partial charge in [0.2, 0.25) is 0 Å². The Morgan fingerprint density at radius 2 is 1.94 bits per heavy atom. The SMILES string of the molecule is CCC(C)NC(C)(CO)CCc1ccccc1. The highest BCUT2D eigenvalue weighted by Crippen LogP contribution is 2.15. The van der Waals surface area contributed by atoms with Gasteiger partial charge in [-0.2, -0.15) is 0 Å². The Labute approximate surface area is 105 Å². The Bertz CT molecular complexity index is 312. The second kappa shape index (κ2) is 6.77. The van der Waals surface area contributed by atoms with Crippen LogP contribution >= 0.6 is 0 Å². The van der Waals surface area contributed by atoms with Gasteiger partial charge in [0.15, 0.2) is 0 Å². The van der Waals surface area contributed by atoms with Crippen LogP contribution in [0.2, 0.25) is 0 Å². The zero-order valence-electron chi connectivity index (χ0n) is 11.2. The van der Waals surface area contributed by atoms with Gasteiger partial charge in [-0.1, -0.05) is 37.3 Å². The van der Waals surface area contributed by atoms with E-state index in [9.17, 15) is 5.11 Å². The number of aryl methyl sites for hydroxylation is 1. The van der Waals surface area contributed by atoms with Crippen molar-refractivity contribution in [3.63, 3.8) is 0 Å². The Morgan fingerprint density at radius 3 is 2.47 bits per heavy atom. The predicted molar refractivity (Wildman–Crippen MR) is 73.1 cm³/mol. The minimum Gasteiger partial charge on any atom is -0.394 e. The third kappa shape index (κ3) is 4.88. The summed E-state index contributed by atoms with van der Waals surface area (Å²) in [5, 5.41) is 13.1. The van der Waals surface area contributed by atoms with Crippen LogP contribution < -0.4 is 5.32 Å². The Balaban J connectivity index is 2.51. The van der Waals surface area contributed by atoms with Crippen LogP contribution in [0.5, 0.6) is 0 Å². The van der Waals surface area contributed by atoms with Crippen molar-refractivity contribution in [2.24, 2.45) is 0 Å². The van der Waals surface area contributed by atoms with Crippen molar-refractivity contribution < 1.29 is 5.11 Å². The Hall–Kier alpha value is -0.860. The second-order valence-corrected chi connectivity index (χ2v) is 5.16. The van der Waals surface area contributed by atoms with E-state index in [1.54, 1.807) is 0 Å². The molecule has 2 N–H and O–H groups in total. The molecule has 0 saturated carbocycles. The number of hydrogen-bond donors (Lipinski definition) is 2. The first-order valence-corrected chi connectivity index (χ1v) is 6.52. The van der Waals surface area contributed by atoms with Crippen LogP contribution in [0.3, 0.4) is 0 Å². The van der Waals surface area contributed by atoms with Gasteiger partial charge in [0.1, 0.15) is 0 Å². The molecule has 0 bridgehead atoms. The average molecular weight is 235 g/mol. The highest BCUT2D eigenvalue weighted by atomic mass is 16.3. The van der Waals surface area contributed by atoms with E-state index in [1.807, 2.05) is 6.07 Å². The van der Waals surface area contributed by atoms with E-state index < -0.39 is 0 Å². The first kappa shape index (κ1) is 14.2. The molecule has 0 saturated heterocycles. The molecule has 0 aromatic heterocycles. The molecular formula is C15H25NO. The molecule has 0 amide bonds. The normalized spacial score (nSPS) is 16.5. The lowest BCUT2D eigenvalue weighted by atomic mass is 9.93. The highest BCUT2D eigenvalue weighted by molar-refractivity contribution is 5.15. The molecule has 1 rings (SSSR count). The van der Waals surface area contributed by atoms with Crippen molar-refractivity contribution >= 4 is 0 Å². The van der Waals surface area contributed by atoms with Crippen molar-refractivity contribution in [1.29, 1.82) is 0 Å².